The summed E-state index contributed by atoms with van der Waals surface area (Å²) in [4.78, 5) is 0. The Morgan fingerprint density at radius 2 is 1.65 bits per heavy atom. The highest BCUT2D eigenvalue weighted by molar-refractivity contribution is 9.10. The summed E-state index contributed by atoms with van der Waals surface area (Å²) < 4.78 is 11.2. The minimum Gasteiger partial charge on any atom is -0.493 e. The highest BCUT2D eigenvalue weighted by Crippen LogP contribution is 2.39. The van der Waals surface area contributed by atoms with Gasteiger partial charge in [-0.15, -0.1) is 0 Å². The van der Waals surface area contributed by atoms with Crippen LogP contribution >= 0.6 is 27.5 Å². The Balaban J connectivity index is 2.50. The second-order valence-corrected chi connectivity index (χ2v) is 5.41. The SMILES string of the molecule is COc1cc(Cl)c(C(O)c2ccccc2Br)cc1OC. The number of aliphatic hydroxyl groups is 1. The van der Waals surface area contributed by atoms with E-state index in [0.29, 0.717) is 22.1 Å². The van der Waals surface area contributed by atoms with Crippen LogP contribution in [0.3, 0.4) is 0 Å². The number of hydrogen-bond donors (Lipinski definition) is 1. The Bertz CT molecular complexity index is 616. The summed E-state index contributed by atoms with van der Waals surface area (Å²) in [5, 5.41) is 10.9. The number of aliphatic hydroxyl groups excluding tert-OH is 1. The molecule has 0 spiro atoms. The third kappa shape index (κ3) is 2.92. The van der Waals surface area contributed by atoms with Crippen LogP contribution in [0.4, 0.5) is 0 Å². The molecule has 2 aromatic rings. The molecule has 5 heteroatoms. The number of benzene rings is 2. The topological polar surface area (TPSA) is 38.7 Å². The van der Waals surface area contributed by atoms with Crippen molar-refractivity contribution in [2.24, 2.45) is 0 Å². The van der Waals surface area contributed by atoms with E-state index >= 15 is 0 Å². The van der Waals surface area contributed by atoms with Crippen LogP contribution in [0.2, 0.25) is 5.02 Å². The molecular weight excluding hydrogens is 344 g/mol. The van der Waals surface area contributed by atoms with Crippen molar-refractivity contribution in [2.75, 3.05) is 14.2 Å². The summed E-state index contributed by atoms with van der Waals surface area (Å²) in [5.74, 6) is 1.05. The maximum atomic E-state index is 10.5. The fourth-order valence-electron chi connectivity index (χ4n) is 1.94. The van der Waals surface area contributed by atoms with Crippen molar-refractivity contribution in [2.45, 2.75) is 6.10 Å². The first-order chi connectivity index (χ1) is 9.58. The van der Waals surface area contributed by atoms with Gasteiger partial charge in [0, 0.05) is 16.1 Å². The monoisotopic (exact) mass is 356 g/mol. The quantitative estimate of drug-likeness (QED) is 0.891. The van der Waals surface area contributed by atoms with E-state index < -0.39 is 6.10 Å². The Labute approximate surface area is 131 Å². The first-order valence-corrected chi connectivity index (χ1v) is 7.09. The molecule has 0 heterocycles. The average molecular weight is 358 g/mol. The van der Waals surface area contributed by atoms with Gasteiger partial charge in [-0.25, -0.2) is 0 Å². The molecule has 0 saturated carbocycles. The van der Waals surface area contributed by atoms with Crippen molar-refractivity contribution in [3.05, 3.63) is 57.0 Å². The molecule has 0 aromatic heterocycles. The minimum absolute atomic E-state index is 0.422. The lowest BCUT2D eigenvalue weighted by Crippen LogP contribution is -2.03. The van der Waals surface area contributed by atoms with E-state index in [-0.39, 0.29) is 0 Å². The van der Waals surface area contributed by atoms with Gasteiger partial charge in [0.1, 0.15) is 6.10 Å². The van der Waals surface area contributed by atoms with E-state index in [1.54, 1.807) is 19.2 Å². The van der Waals surface area contributed by atoms with Crippen molar-refractivity contribution in [1.29, 1.82) is 0 Å². The number of hydrogen-bond acceptors (Lipinski definition) is 3. The number of ether oxygens (including phenoxy) is 2. The zero-order valence-corrected chi connectivity index (χ0v) is 13.4. The summed E-state index contributed by atoms with van der Waals surface area (Å²) in [6.07, 6.45) is -0.849. The summed E-state index contributed by atoms with van der Waals surface area (Å²) in [6, 6.07) is 10.8. The molecule has 0 aliphatic carbocycles. The van der Waals surface area contributed by atoms with E-state index in [9.17, 15) is 5.11 Å². The van der Waals surface area contributed by atoms with Gasteiger partial charge in [0.25, 0.3) is 0 Å². The Morgan fingerprint density at radius 3 is 2.25 bits per heavy atom. The standard InChI is InChI=1S/C15H14BrClO3/c1-19-13-7-10(12(17)8-14(13)20-2)15(18)9-5-3-4-6-11(9)16/h3-8,15,18H,1-2H3. The van der Waals surface area contributed by atoms with E-state index in [0.717, 1.165) is 10.0 Å². The molecule has 20 heavy (non-hydrogen) atoms. The fraction of sp³-hybridized carbons (Fsp3) is 0.200. The van der Waals surface area contributed by atoms with Crippen LogP contribution in [0, 0.1) is 0 Å². The van der Waals surface area contributed by atoms with Gasteiger partial charge in [-0.3, -0.25) is 0 Å². The highest BCUT2D eigenvalue weighted by Gasteiger charge is 2.19. The van der Waals surface area contributed by atoms with Gasteiger partial charge in [0.05, 0.1) is 19.2 Å². The van der Waals surface area contributed by atoms with Crippen molar-refractivity contribution in [1.82, 2.24) is 0 Å². The van der Waals surface area contributed by atoms with E-state index in [4.69, 9.17) is 21.1 Å². The molecule has 2 aromatic carbocycles. The van der Waals surface area contributed by atoms with Gasteiger partial charge in [-0.05, 0) is 17.7 Å². The first kappa shape index (κ1) is 15.2. The predicted molar refractivity (Wildman–Crippen MR) is 82.8 cm³/mol. The molecule has 106 valence electrons. The van der Waals surface area contributed by atoms with Crippen LogP contribution in [-0.2, 0) is 0 Å². The lowest BCUT2D eigenvalue weighted by Gasteiger charge is -2.17. The Kier molecular flexibility index (Phi) is 4.91. The zero-order valence-electron chi connectivity index (χ0n) is 11.1. The van der Waals surface area contributed by atoms with E-state index in [2.05, 4.69) is 15.9 Å². The molecule has 0 bridgehead atoms. The van der Waals surface area contributed by atoms with E-state index in [1.165, 1.54) is 7.11 Å². The predicted octanol–water partition coefficient (Wildman–Crippen LogP) is 4.20. The lowest BCUT2D eigenvalue weighted by molar-refractivity contribution is 0.219. The van der Waals surface area contributed by atoms with Crippen molar-refractivity contribution in [3.63, 3.8) is 0 Å². The van der Waals surface area contributed by atoms with Crippen LogP contribution in [0.25, 0.3) is 0 Å². The Morgan fingerprint density at radius 1 is 1.05 bits per heavy atom. The summed E-state index contributed by atoms with van der Waals surface area (Å²) in [7, 11) is 3.08. The largest absolute Gasteiger partial charge is 0.493 e. The summed E-state index contributed by atoms with van der Waals surface area (Å²) >= 11 is 9.65. The molecule has 1 N–H and O–H groups in total. The second-order valence-electron chi connectivity index (χ2n) is 4.15. The van der Waals surface area contributed by atoms with Crippen molar-refractivity contribution < 1.29 is 14.6 Å². The third-order valence-corrected chi connectivity index (χ3v) is 4.05. The molecule has 2 rings (SSSR count). The number of methoxy groups -OCH3 is 2. The van der Waals surface area contributed by atoms with Gasteiger partial charge in [-0.2, -0.15) is 0 Å². The molecule has 0 saturated heterocycles. The molecule has 1 unspecified atom stereocenters. The van der Waals surface area contributed by atoms with Gasteiger partial charge >= 0.3 is 0 Å². The molecular formula is C15H14BrClO3. The van der Waals surface area contributed by atoms with Crippen LogP contribution in [0.5, 0.6) is 11.5 Å². The summed E-state index contributed by atoms with van der Waals surface area (Å²) in [6.45, 7) is 0. The lowest BCUT2D eigenvalue weighted by atomic mass is 10.0. The van der Waals surface area contributed by atoms with Crippen LogP contribution in [-0.4, -0.2) is 19.3 Å². The number of halogens is 2. The van der Waals surface area contributed by atoms with Gasteiger partial charge in [0.15, 0.2) is 11.5 Å². The molecule has 3 nitrogen and oxygen atoms in total. The second kappa shape index (κ2) is 6.48. The molecule has 0 aliphatic heterocycles. The third-order valence-electron chi connectivity index (χ3n) is 3.00. The van der Waals surface area contributed by atoms with Crippen molar-refractivity contribution in [3.8, 4) is 11.5 Å². The normalized spacial score (nSPS) is 12.1. The number of rotatable bonds is 4. The Hall–Kier alpha value is -1.23. The fourth-order valence-corrected chi connectivity index (χ4v) is 2.70. The molecule has 0 radical (unpaired) electrons. The smallest absolute Gasteiger partial charge is 0.162 e. The maximum absolute atomic E-state index is 10.5. The first-order valence-electron chi connectivity index (χ1n) is 5.92. The minimum atomic E-state index is -0.849. The maximum Gasteiger partial charge on any atom is 0.162 e. The van der Waals surface area contributed by atoms with Gasteiger partial charge in [0.2, 0.25) is 0 Å². The van der Waals surface area contributed by atoms with Crippen LogP contribution in [0.1, 0.15) is 17.2 Å². The van der Waals surface area contributed by atoms with Crippen LogP contribution in [0.15, 0.2) is 40.9 Å². The highest BCUT2D eigenvalue weighted by atomic mass is 79.9. The zero-order chi connectivity index (χ0) is 14.7. The molecule has 1 atom stereocenters. The molecule has 0 aliphatic rings. The van der Waals surface area contributed by atoms with Crippen LogP contribution < -0.4 is 9.47 Å². The van der Waals surface area contributed by atoms with Gasteiger partial charge in [-0.1, -0.05) is 45.7 Å². The average Bonchev–Trinajstić information content (AvgIpc) is 2.46. The molecule has 0 amide bonds. The molecule has 0 fully saturated rings. The van der Waals surface area contributed by atoms with E-state index in [1.807, 2.05) is 24.3 Å². The van der Waals surface area contributed by atoms with Gasteiger partial charge < -0.3 is 14.6 Å². The summed E-state index contributed by atoms with van der Waals surface area (Å²) in [5.41, 5.74) is 1.30. The van der Waals surface area contributed by atoms with Crippen molar-refractivity contribution >= 4 is 27.5 Å².